The zero-order chi connectivity index (χ0) is 19.4. The van der Waals surface area contributed by atoms with E-state index >= 15 is 0 Å². The molecule has 0 saturated carbocycles. The minimum Gasteiger partial charge on any atom is -0.492 e. The van der Waals surface area contributed by atoms with Gasteiger partial charge in [0.2, 0.25) is 10.0 Å². The van der Waals surface area contributed by atoms with Crippen molar-refractivity contribution in [2.75, 3.05) is 38.2 Å². The van der Waals surface area contributed by atoms with Crippen molar-refractivity contribution in [3.05, 3.63) is 40.1 Å². The van der Waals surface area contributed by atoms with E-state index in [0.29, 0.717) is 43.5 Å². The summed E-state index contributed by atoms with van der Waals surface area (Å²) in [6.07, 6.45) is 0. The number of nitrogens with one attached hydrogen (secondary N) is 1. The van der Waals surface area contributed by atoms with Crippen LogP contribution in [-0.2, 0) is 14.8 Å². The van der Waals surface area contributed by atoms with Crippen molar-refractivity contribution >= 4 is 33.0 Å². The molecular formula is C18H22N2O5S2. The van der Waals surface area contributed by atoms with E-state index in [4.69, 9.17) is 9.47 Å². The standard InChI is InChI=1S/C18H22N2O5S2/c1-3-25-15-6-5-14(19-18(21)16-7-4-13(2)26-16)12-17(15)27(22,23)20-8-10-24-11-9-20/h4-7,12H,3,8-11H2,1-2H3,(H,19,21). The Kier molecular flexibility index (Phi) is 6.15. The highest BCUT2D eigenvalue weighted by Gasteiger charge is 2.29. The number of nitrogens with zero attached hydrogens (tertiary/aromatic N) is 1. The molecule has 1 saturated heterocycles. The molecule has 146 valence electrons. The number of thiophene rings is 1. The maximum Gasteiger partial charge on any atom is 0.265 e. The van der Waals surface area contributed by atoms with Gasteiger partial charge < -0.3 is 14.8 Å². The van der Waals surface area contributed by atoms with Gasteiger partial charge in [0.15, 0.2) is 0 Å². The number of sulfonamides is 1. The molecule has 0 aliphatic carbocycles. The Morgan fingerprint density at radius 3 is 2.63 bits per heavy atom. The third-order valence-electron chi connectivity index (χ3n) is 4.05. The monoisotopic (exact) mass is 410 g/mol. The normalized spacial score (nSPS) is 15.5. The molecule has 1 aromatic carbocycles. The summed E-state index contributed by atoms with van der Waals surface area (Å²) in [6, 6.07) is 8.28. The Hall–Kier alpha value is -1.94. The number of carbonyl (C=O) groups is 1. The van der Waals surface area contributed by atoms with Crippen LogP contribution in [0.2, 0.25) is 0 Å². The van der Waals surface area contributed by atoms with E-state index in [1.54, 1.807) is 25.1 Å². The third kappa shape index (κ3) is 4.49. The van der Waals surface area contributed by atoms with E-state index in [-0.39, 0.29) is 16.6 Å². The van der Waals surface area contributed by atoms with Gasteiger partial charge >= 0.3 is 0 Å². The summed E-state index contributed by atoms with van der Waals surface area (Å²) in [5.41, 5.74) is 0.404. The van der Waals surface area contributed by atoms with Crippen molar-refractivity contribution in [3.8, 4) is 5.75 Å². The first-order valence-electron chi connectivity index (χ1n) is 8.64. The summed E-state index contributed by atoms with van der Waals surface area (Å²) in [5.74, 6) is 0.000870. The summed E-state index contributed by atoms with van der Waals surface area (Å²) in [7, 11) is -3.75. The first kappa shape index (κ1) is 19.8. The zero-order valence-electron chi connectivity index (χ0n) is 15.2. The van der Waals surface area contributed by atoms with Crippen LogP contribution in [0.4, 0.5) is 5.69 Å². The summed E-state index contributed by atoms with van der Waals surface area (Å²) in [6.45, 7) is 5.35. The number of aryl methyl sites for hydroxylation is 1. The van der Waals surface area contributed by atoms with Gasteiger partial charge in [-0.1, -0.05) is 0 Å². The number of carbonyl (C=O) groups excluding carboxylic acids is 1. The van der Waals surface area contributed by atoms with Crippen LogP contribution in [0.5, 0.6) is 5.75 Å². The van der Waals surface area contributed by atoms with Gasteiger partial charge in [0, 0.05) is 23.7 Å². The summed E-state index contributed by atoms with van der Waals surface area (Å²) >= 11 is 1.38. The lowest BCUT2D eigenvalue weighted by atomic mass is 10.3. The lowest BCUT2D eigenvalue weighted by Gasteiger charge is -2.27. The fourth-order valence-corrected chi connectivity index (χ4v) is 5.07. The van der Waals surface area contributed by atoms with E-state index in [9.17, 15) is 13.2 Å². The molecule has 27 heavy (non-hydrogen) atoms. The molecule has 7 nitrogen and oxygen atoms in total. The highest BCUT2D eigenvalue weighted by Crippen LogP contribution is 2.31. The van der Waals surface area contributed by atoms with Gasteiger partial charge in [0.1, 0.15) is 10.6 Å². The lowest BCUT2D eigenvalue weighted by molar-refractivity contribution is 0.0729. The van der Waals surface area contributed by atoms with E-state index in [1.807, 2.05) is 13.0 Å². The van der Waals surface area contributed by atoms with Crippen molar-refractivity contribution in [1.82, 2.24) is 4.31 Å². The Labute approximate surface area is 163 Å². The molecular weight excluding hydrogens is 388 g/mol. The van der Waals surface area contributed by atoms with E-state index < -0.39 is 10.0 Å². The van der Waals surface area contributed by atoms with Crippen molar-refractivity contribution in [2.45, 2.75) is 18.7 Å². The number of amides is 1. The van der Waals surface area contributed by atoms with Gasteiger partial charge in [-0.25, -0.2) is 8.42 Å². The largest absolute Gasteiger partial charge is 0.492 e. The van der Waals surface area contributed by atoms with E-state index in [2.05, 4.69) is 5.32 Å². The first-order valence-corrected chi connectivity index (χ1v) is 10.9. The lowest BCUT2D eigenvalue weighted by Crippen LogP contribution is -2.40. The van der Waals surface area contributed by atoms with Crippen LogP contribution in [0.3, 0.4) is 0 Å². The average Bonchev–Trinajstić information content (AvgIpc) is 3.10. The van der Waals surface area contributed by atoms with Crippen LogP contribution in [0.1, 0.15) is 21.5 Å². The molecule has 1 aliphatic heterocycles. The van der Waals surface area contributed by atoms with Crippen molar-refractivity contribution < 1.29 is 22.7 Å². The summed E-state index contributed by atoms with van der Waals surface area (Å²) in [5, 5.41) is 2.76. The number of benzene rings is 1. The third-order valence-corrected chi connectivity index (χ3v) is 6.97. The van der Waals surface area contributed by atoms with Gasteiger partial charge in [0.05, 0.1) is 24.7 Å². The molecule has 2 heterocycles. The second-order valence-electron chi connectivity index (χ2n) is 5.98. The highest BCUT2D eigenvalue weighted by atomic mass is 32.2. The highest BCUT2D eigenvalue weighted by molar-refractivity contribution is 7.89. The van der Waals surface area contributed by atoms with Gasteiger partial charge in [-0.15, -0.1) is 11.3 Å². The van der Waals surface area contributed by atoms with Crippen LogP contribution < -0.4 is 10.1 Å². The molecule has 3 rings (SSSR count). The Morgan fingerprint density at radius 2 is 2.00 bits per heavy atom. The SMILES string of the molecule is CCOc1ccc(NC(=O)c2ccc(C)s2)cc1S(=O)(=O)N1CCOCC1. The van der Waals surface area contributed by atoms with E-state index in [0.717, 1.165) is 4.88 Å². The maximum absolute atomic E-state index is 13.1. The van der Waals surface area contributed by atoms with Gasteiger partial charge in [0.25, 0.3) is 5.91 Å². The molecule has 1 fully saturated rings. The minimum atomic E-state index is -3.75. The van der Waals surface area contributed by atoms with Crippen LogP contribution >= 0.6 is 11.3 Å². The maximum atomic E-state index is 13.1. The molecule has 0 unspecified atom stereocenters. The van der Waals surface area contributed by atoms with Gasteiger partial charge in [-0.05, 0) is 44.2 Å². The Bertz CT molecular complexity index is 918. The molecule has 9 heteroatoms. The van der Waals surface area contributed by atoms with E-state index in [1.165, 1.54) is 21.7 Å². The number of anilines is 1. The average molecular weight is 411 g/mol. The van der Waals surface area contributed by atoms with Crippen LogP contribution in [-0.4, -0.2) is 51.5 Å². The zero-order valence-corrected chi connectivity index (χ0v) is 16.9. The molecule has 1 amide bonds. The smallest absolute Gasteiger partial charge is 0.265 e. The van der Waals surface area contributed by atoms with Crippen molar-refractivity contribution in [3.63, 3.8) is 0 Å². The molecule has 2 aromatic rings. The molecule has 0 atom stereocenters. The van der Waals surface area contributed by atoms with Crippen LogP contribution in [0.15, 0.2) is 35.2 Å². The van der Waals surface area contributed by atoms with Crippen molar-refractivity contribution in [1.29, 1.82) is 0 Å². The molecule has 1 N–H and O–H groups in total. The summed E-state index contributed by atoms with van der Waals surface area (Å²) < 4.78 is 38.3. The summed E-state index contributed by atoms with van der Waals surface area (Å²) in [4.78, 5) is 14.0. The fourth-order valence-electron chi connectivity index (χ4n) is 2.74. The molecule has 1 aliphatic rings. The molecule has 0 bridgehead atoms. The second kappa shape index (κ2) is 8.39. The predicted molar refractivity (Wildman–Crippen MR) is 104 cm³/mol. The number of ether oxygens (including phenoxy) is 2. The number of morpholine rings is 1. The fraction of sp³-hybridized carbons (Fsp3) is 0.389. The van der Waals surface area contributed by atoms with Crippen molar-refractivity contribution in [2.24, 2.45) is 0 Å². The van der Waals surface area contributed by atoms with Crippen LogP contribution in [0.25, 0.3) is 0 Å². The minimum absolute atomic E-state index is 0.0476. The number of rotatable bonds is 6. The number of hydrogen-bond acceptors (Lipinski definition) is 6. The Morgan fingerprint density at radius 1 is 1.26 bits per heavy atom. The quantitative estimate of drug-likeness (QED) is 0.792. The van der Waals surface area contributed by atoms with Crippen LogP contribution in [0, 0.1) is 6.92 Å². The molecule has 0 radical (unpaired) electrons. The van der Waals surface area contributed by atoms with Gasteiger partial charge in [-0.2, -0.15) is 4.31 Å². The topological polar surface area (TPSA) is 84.9 Å². The van der Waals surface area contributed by atoms with Gasteiger partial charge in [-0.3, -0.25) is 4.79 Å². The Balaban J connectivity index is 1.91. The first-order chi connectivity index (χ1) is 12.9. The number of hydrogen-bond donors (Lipinski definition) is 1. The predicted octanol–water partition coefficient (Wildman–Crippen LogP) is 2.73. The molecule has 0 spiro atoms. The molecule has 1 aromatic heterocycles. The second-order valence-corrected chi connectivity index (χ2v) is 9.17.